The molecule has 0 aliphatic rings. The third-order valence-electron chi connectivity index (χ3n) is 2.91. The van der Waals surface area contributed by atoms with Crippen molar-refractivity contribution in [2.45, 2.75) is 37.3 Å². The summed E-state index contributed by atoms with van der Waals surface area (Å²) in [5.41, 5.74) is 0.347. The molecule has 0 amide bonds. The average Bonchev–Trinajstić information content (AvgIpc) is 2.46. The summed E-state index contributed by atoms with van der Waals surface area (Å²) in [6, 6.07) is 7.94. The second-order valence-corrected chi connectivity index (χ2v) is 5.78. The molecule has 1 nitrogen and oxygen atoms in total. The summed E-state index contributed by atoms with van der Waals surface area (Å²) < 4.78 is 87.4. The molecule has 130 valence electrons. The maximum absolute atomic E-state index is 13.4. The molecule has 0 bridgehead atoms. The first-order valence-corrected chi connectivity index (χ1v) is 7.49. The van der Waals surface area contributed by atoms with Crippen LogP contribution in [-0.2, 0) is 0 Å². The third-order valence-corrected chi connectivity index (χ3v) is 3.85. The van der Waals surface area contributed by atoms with Gasteiger partial charge in [-0.15, -0.1) is 0 Å². The van der Waals surface area contributed by atoms with E-state index in [9.17, 15) is 35.5 Å². The second kappa shape index (κ2) is 8.03. The first-order valence-electron chi connectivity index (χ1n) is 6.50. The van der Waals surface area contributed by atoms with Gasteiger partial charge in [-0.05, 0) is 6.42 Å². The summed E-state index contributed by atoms with van der Waals surface area (Å²) in [6.07, 6.45) is -14.0. The van der Waals surface area contributed by atoms with Gasteiger partial charge in [-0.1, -0.05) is 42.1 Å². The number of hydrogen-bond donors (Lipinski definition) is 0. The molecule has 1 rings (SSSR count). The summed E-state index contributed by atoms with van der Waals surface area (Å²) in [7, 11) is 0. The van der Waals surface area contributed by atoms with Gasteiger partial charge < -0.3 is 0 Å². The lowest BCUT2D eigenvalue weighted by molar-refractivity contribution is -0.304. The summed E-state index contributed by atoms with van der Waals surface area (Å²) in [4.78, 5) is 11.6. The fourth-order valence-corrected chi connectivity index (χ4v) is 2.47. The maximum Gasteiger partial charge on any atom is 0.456 e. The van der Waals surface area contributed by atoms with Gasteiger partial charge in [0, 0.05) is 17.7 Å². The van der Waals surface area contributed by atoms with Crippen LogP contribution in [0.2, 0.25) is 0 Å². The van der Waals surface area contributed by atoms with Gasteiger partial charge in [0.15, 0.2) is 6.17 Å². The average molecular weight is 362 g/mol. The Morgan fingerprint density at radius 1 is 1.04 bits per heavy atom. The van der Waals surface area contributed by atoms with Gasteiger partial charge in [0.1, 0.15) is 6.17 Å². The molecule has 0 N–H and O–H groups in total. The lowest BCUT2D eigenvalue weighted by Crippen LogP contribution is -2.45. The Balaban J connectivity index is 2.40. The Hall–Kier alpha value is -1.25. The molecule has 0 radical (unpaired) electrons. The maximum atomic E-state index is 13.4. The van der Waals surface area contributed by atoms with Gasteiger partial charge in [0.2, 0.25) is 5.12 Å². The molecule has 2 unspecified atom stereocenters. The predicted molar refractivity (Wildman–Crippen MR) is 73.3 cm³/mol. The van der Waals surface area contributed by atoms with E-state index in [0.717, 1.165) is 0 Å². The van der Waals surface area contributed by atoms with Crippen LogP contribution in [0.5, 0.6) is 0 Å². The molecule has 0 spiro atoms. The highest BCUT2D eigenvalue weighted by Gasteiger charge is 2.63. The minimum atomic E-state index is -6.07. The number of rotatable bonds is 7. The van der Waals surface area contributed by atoms with E-state index in [1.54, 1.807) is 18.2 Å². The van der Waals surface area contributed by atoms with Crippen molar-refractivity contribution in [3.63, 3.8) is 0 Å². The minimum absolute atomic E-state index is 0.154. The van der Waals surface area contributed by atoms with Crippen molar-refractivity contribution < 1.29 is 35.5 Å². The minimum Gasteiger partial charge on any atom is -0.282 e. The highest BCUT2D eigenvalue weighted by molar-refractivity contribution is 8.14. The molecule has 0 saturated carbocycles. The van der Waals surface area contributed by atoms with Crippen LogP contribution in [0.25, 0.3) is 0 Å². The Labute approximate surface area is 132 Å². The van der Waals surface area contributed by atoms with Crippen LogP contribution in [0.1, 0.15) is 23.2 Å². The fraction of sp³-hybridized carbons (Fsp3) is 0.500. The monoisotopic (exact) mass is 362 g/mol. The molecule has 0 heterocycles. The summed E-state index contributed by atoms with van der Waals surface area (Å²) in [6.45, 7) is 0. The predicted octanol–water partition coefficient (Wildman–Crippen LogP) is 5.21. The standard InChI is InChI=1S/C14H13F7OS/c15-10(8-11(16)13(17,18)14(19,20)21)6-7-23-12(22)9-4-2-1-3-5-9/h1-5,10-11H,6-8H2. The van der Waals surface area contributed by atoms with Gasteiger partial charge in [-0.3, -0.25) is 4.79 Å². The number of alkyl halides is 7. The van der Waals surface area contributed by atoms with E-state index in [0.29, 0.717) is 17.3 Å². The Morgan fingerprint density at radius 3 is 2.13 bits per heavy atom. The van der Waals surface area contributed by atoms with Crippen molar-refractivity contribution in [1.82, 2.24) is 0 Å². The van der Waals surface area contributed by atoms with Crippen LogP contribution in [0.15, 0.2) is 30.3 Å². The van der Waals surface area contributed by atoms with Gasteiger partial charge in [-0.2, -0.15) is 22.0 Å². The molecule has 23 heavy (non-hydrogen) atoms. The topological polar surface area (TPSA) is 17.1 Å². The van der Waals surface area contributed by atoms with E-state index in [1.165, 1.54) is 12.1 Å². The smallest absolute Gasteiger partial charge is 0.282 e. The molecule has 0 fully saturated rings. The van der Waals surface area contributed by atoms with Crippen molar-refractivity contribution in [2.24, 2.45) is 0 Å². The van der Waals surface area contributed by atoms with Crippen molar-refractivity contribution in [3.05, 3.63) is 35.9 Å². The first-order chi connectivity index (χ1) is 10.6. The summed E-state index contributed by atoms with van der Waals surface area (Å²) in [5, 5.41) is -0.393. The van der Waals surface area contributed by atoms with Crippen LogP contribution in [0.3, 0.4) is 0 Å². The summed E-state index contributed by atoms with van der Waals surface area (Å²) in [5.74, 6) is -5.75. The molecule has 1 aromatic carbocycles. The van der Waals surface area contributed by atoms with Gasteiger partial charge >= 0.3 is 12.1 Å². The van der Waals surface area contributed by atoms with Gasteiger partial charge in [0.25, 0.3) is 0 Å². The molecule has 2 atom stereocenters. The van der Waals surface area contributed by atoms with E-state index in [-0.39, 0.29) is 5.75 Å². The van der Waals surface area contributed by atoms with Crippen LogP contribution in [0.4, 0.5) is 30.7 Å². The van der Waals surface area contributed by atoms with E-state index >= 15 is 0 Å². The van der Waals surface area contributed by atoms with E-state index in [2.05, 4.69) is 0 Å². The largest absolute Gasteiger partial charge is 0.456 e. The first kappa shape index (κ1) is 19.8. The number of benzene rings is 1. The SMILES string of the molecule is O=C(SCCC(F)CC(F)C(F)(F)C(F)(F)F)c1ccccc1. The molecule has 0 aliphatic carbocycles. The number of hydrogen-bond acceptors (Lipinski definition) is 2. The zero-order chi connectivity index (χ0) is 17.7. The molecule has 9 heteroatoms. The van der Waals surface area contributed by atoms with Gasteiger partial charge in [-0.25, -0.2) is 8.78 Å². The Morgan fingerprint density at radius 2 is 1.61 bits per heavy atom. The number of thioether (sulfide) groups is 1. The van der Waals surface area contributed by atoms with Crippen LogP contribution < -0.4 is 0 Å². The van der Waals surface area contributed by atoms with Crippen LogP contribution >= 0.6 is 11.8 Å². The fourth-order valence-electron chi connectivity index (χ4n) is 1.61. The third kappa shape index (κ3) is 5.71. The highest BCUT2D eigenvalue weighted by atomic mass is 32.2. The van der Waals surface area contributed by atoms with Crippen molar-refractivity contribution in [3.8, 4) is 0 Å². The van der Waals surface area contributed by atoms with Crippen molar-refractivity contribution in [2.75, 3.05) is 5.75 Å². The normalized spacial score (nSPS) is 15.3. The molecule has 0 saturated heterocycles. The van der Waals surface area contributed by atoms with Crippen LogP contribution in [0, 0.1) is 0 Å². The lowest BCUT2D eigenvalue weighted by Gasteiger charge is -2.24. The van der Waals surface area contributed by atoms with Crippen molar-refractivity contribution in [1.29, 1.82) is 0 Å². The van der Waals surface area contributed by atoms with E-state index in [4.69, 9.17) is 0 Å². The highest BCUT2D eigenvalue weighted by Crippen LogP contribution is 2.41. The molecule has 1 aromatic rings. The van der Waals surface area contributed by atoms with Crippen molar-refractivity contribution >= 4 is 16.9 Å². The zero-order valence-corrected chi connectivity index (χ0v) is 12.4. The van der Waals surface area contributed by atoms with E-state index < -0.39 is 42.4 Å². The molecular formula is C14H13F7OS. The molecular weight excluding hydrogens is 349 g/mol. The molecule has 0 aliphatic heterocycles. The van der Waals surface area contributed by atoms with Crippen LogP contribution in [-0.4, -0.2) is 35.3 Å². The molecule has 0 aromatic heterocycles. The summed E-state index contributed by atoms with van der Waals surface area (Å²) >= 11 is 0.687. The number of halogens is 7. The quantitative estimate of drug-likeness (QED) is 0.619. The lowest BCUT2D eigenvalue weighted by atomic mass is 10.1. The second-order valence-electron chi connectivity index (χ2n) is 4.71. The number of carbonyl (C=O) groups is 1. The zero-order valence-electron chi connectivity index (χ0n) is 11.6. The number of carbonyl (C=O) groups excluding carboxylic acids is 1. The Bertz CT molecular complexity index is 504. The Kier molecular flexibility index (Phi) is 6.91. The van der Waals surface area contributed by atoms with Gasteiger partial charge in [0.05, 0.1) is 0 Å². The van der Waals surface area contributed by atoms with E-state index in [1.807, 2.05) is 0 Å².